The second kappa shape index (κ2) is 9.52. The molecule has 146 valence electrons. The average molecular weight is 384 g/mol. The first-order valence-electron chi connectivity index (χ1n) is 10.3. The van der Waals surface area contributed by atoms with Crippen LogP contribution >= 0.6 is 0 Å². The number of rotatable bonds is 5. The minimum atomic E-state index is -0.208. The van der Waals surface area contributed by atoms with Crippen molar-refractivity contribution in [3.05, 3.63) is 119 Å². The highest BCUT2D eigenvalue weighted by Crippen LogP contribution is 2.32. The smallest absolute Gasteiger partial charge is 0.123 e. The van der Waals surface area contributed by atoms with E-state index in [1.807, 2.05) is 6.08 Å². The Morgan fingerprint density at radius 2 is 1.45 bits per heavy atom. The van der Waals surface area contributed by atoms with Gasteiger partial charge in [-0.25, -0.2) is 4.39 Å². The topological polar surface area (TPSA) is 12.0 Å². The van der Waals surface area contributed by atoms with Crippen LogP contribution in [0.5, 0.6) is 0 Å². The van der Waals surface area contributed by atoms with E-state index in [-0.39, 0.29) is 5.82 Å². The molecule has 0 aliphatic carbocycles. The Hall–Kier alpha value is -2.93. The van der Waals surface area contributed by atoms with E-state index in [9.17, 15) is 4.39 Å². The van der Waals surface area contributed by atoms with E-state index < -0.39 is 0 Å². The molecule has 3 aromatic carbocycles. The van der Waals surface area contributed by atoms with Gasteiger partial charge in [-0.3, -0.25) is 0 Å². The van der Waals surface area contributed by atoms with Crippen molar-refractivity contribution >= 4 is 6.08 Å². The molecule has 0 aromatic heterocycles. The third-order valence-corrected chi connectivity index (χ3v) is 5.66. The zero-order chi connectivity index (χ0) is 19.9. The monoisotopic (exact) mass is 383 g/mol. The molecule has 1 N–H and O–H groups in total. The molecule has 1 saturated heterocycles. The SMILES string of the molecule is Fc1ccc(C=C=CC2CCC(C(c3ccccc3)c3ccccc3)NC2)cc1. The van der Waals surface area contributed by atoms with Crippen molar-refractivity contribution < 1.29 is 4.39 Å². The van der Waals surface area contributed by atoms with Crippen molar-refractivity contribution in [1.82, 2.24) is 5.32 Å². The van der Waals surface area contributed by atoms with E-state index >= 15 is 0 Å². The Labute approximate surface area is 172 Å². The Morgan fingerprint density at radius 1 is 0.828 bits per heavy atom. The van der Waals surface area contributed by atoms with Crippen LogP contribution in [0.3, 0.4) is 0 Å². The van der Waals surface area contributed by atoms with Gasteiger partial charge >= 0.3 is 0 Å². The number of benzene rings is 3. The van der Waals surface area contributed by atoms with Crippen LogP contribution in [-0.2, 0) is 0 Å². The first kappa shape index (κ1) is 19.4. The van der Waals surface area contributed by atoms with Gasteiger partial charge in [0.2, 0.25) is 0 Å². The molecule has 1 fully saturated rings. The van der Waals surface area contributed by atoms with E-state index in [1.165, 1.54) is 23.3 Å². The molecule has 0 radical (unpaired) electrons. The third kappa shape index (κ3) is 5.12. The summed E-state index contributed by atoms with van der Waals surface area (Å²) in [5, 5.41) is 3.79. The molecule has 29 heavy (non-hydrogen) atoms. The van der Waals surface area contributed by atoms with Crippen molar-refractivity contribution in [2.24, 2.45) is 5.92 Å². The molecule has 3 aromatic rings. The summed E-state index contributed by atoms with van der Waals surface area (Å²) in [5.41, 5.74) is 6.98. The van der Waals surface area contributed by atoms with Gasteiger partial charge in [0.1, 0.15) is 5.82 Å². The van der Waals surface area contributed by atoms with Crippen molar-refractivity contribution in [1.29, 1.82) is 0 Å². The Balaban J connectivity index is 1.44. The lowest BCUT2D eigenvalue weighted by Crippen LogP contribution is -2.42. The molecule has 0 amide bonds. The van der Waals surface area contributed by atoms with Gasteiger partial charge < -0.3 is 5.32 Å². The molecule has 0 spiro atoms. The number of hydrogen-bond donors (Lipinski definition) is 1. The van der Waals surface area contributed by atoms with Gasteiger partial charge in [-0.2, -0.15) is 0 Å². The second-order valence-electron chi connectivity index (χ2n) is 7.68. The van der Waals surface area contributed by atoms with Crippen molar-refractivity contribution in [2.75, 3.05) is 6.54 Å². The van der Waals surface area contributed by atoms with Crippen LogP contribution < -0.4 is 5.32 Å². The van der Waals surface area contributed by atoms with E-state index in [2.05, 4.69) is 77.8 Å². The second-order valence-corrected chi connectivity index (χ2v) is 7.68. The van der Waals surface area contributed by atoms with Gasteiger partial charge in [0.05, 0.1) is 0 Å². The Kier molecular flexibility index (Phi) is 6.36. The van der Waals surface area contributed by atoms with Crippen LogP contribution in [0.2, 0.25) is 0 Å². The molecule has 4 rings (SSSR count). The summed E-state index contributed by atoms with van der Waals surface area (Å²) in [6, 6.07) is 28.5. The van der Waals surface area contributed by atoms with Gasteiger partial charge in [0.15, 0.2) is 0 Å². The molecular weight excluding hydrogens is 357 g/mol. The van der Waals surface area contributed by atoms with Crippen molar-refractivity contribution in [3.63, 3.8) is 0 Å². The molecular formula is C27H26FN. The van der Waals surface area contributed by atoms with Crippen LogP contribution in [0, 0.1) is 11.7 Å². The lowest BCUT2D eigenvalue weighted by atomic mass is 9.80. The molecule has 0 saturated carbocycles. The normalized spacial score (nSPS) is 18.8. The van der Waals surface area contributed by atoms with Gasteiger partial charge in [0.25, 0.3) is 0 Å². The van der Waals surface area contributed by atoms with Crippen LogP contribution in [0.1, 0.15) is 35.4 Å². The van der Waals surface area contributed by atoms with E-state index in [4.69, 9.17) is 0 Å². The Morgan fingerprint density at radius 3 is 2.00 bits per heavy atom. The molecule has 0 bridgehead atoms. The lowest BCUT2D eigenvalue weighted by molar-refractivity contribution is 0.328. The fourth-order valence-corrected chi connectivity index (χ4v) is 4.14. The average Bonchev–Trinajstić information content (AvgIpc) is 2.78. The first-order valence-corrected chi connectivity index (χ1v) is 10.3. The summed E-state index contributed by atoms with van der Waals surface area (Å²) >= 11 is 0. The van der Waals surface area contributed by atoms with Crippen molar-refractivity contribution in [3.8, 4) is 0 Å². The van der Waals surface area contributed by atoms with Crippen LogP contribution in [0.4, 0.5) is 4.39 Å². The van der Waals surface area contributed by atoms with E-state index in [0.717, 1.165) is 24.9 Å². The predicted molar refractivity (Wildman–Crippen MR) is 118 cm³/mol. The number of hydrogen-bond acceptors (Lipinski definition) is 1. The highest BCUT2D eigenvalue weighted by molar-refractivity contribution is 5.48. The highest BCUT2D eigenvalue weighted by Gasteiger charge is 2.28. The summed E-state index contributed by atoms with van der Waals surface area (Å²) in [6.45, 7) is 0.949. The largest absolute Gasteiger partial charge is 0.312 e. The summed E-state index contributed by atoms with van der Waals surface area (Å²) in [4.78, 5) is 0. The standard InChI is InChI=1S/C27H26FN/c28-25-17-14-21(15-18-25)8-7-9-22-16-19-26(29-20-22)27(23-10-3-1-4-11-23)24-12-5-2-6-13-24/h1-6,8-15,17-18,22,26-27,29H,16,19-20H2. The third-order valence-electron chi connectivity index (χ3n) is 5.66. The maximum absolute atomic E-state index is 13.0. The fraction of sp³-hybridized carbons (Fsp3) is 0.222. The quantitative estimate of drug-likeness (QED) is 0.518. The molecule has 2 atom stereocenters. The fourth-order valence-electron chi connectivity index (χ4n) is 4.14. The van der Waals surface area contributed by atoms with Crippen molar-refractivity contribution in [2.45, 2.75) is 24.8 Å². The van der Waals surface area contributed by atoms with Crippen LogP contribution in [-0.4, -0.2) is 12.6 Å². The van der Waals surface area contributed by atoms with E-state index in [1.54, 1.807) is 12.1 Å². The first-order chi connectivity index (χ1) is 14.3. The molecule has 1 aliphatic heterocycles. The van der Waals surface area contributed by atoms with Crippen LogP contribution in [0.25, 0.3) is 6.08 Å². The molecule has 1 nitrogen and oxygen atoms in total. The molecule has 1 heterocycles. The summed E-state index contributed by atoms with van der Waals surface area (Å²) < 4.78 is 13.0. The number of piperidine rings is 1. The molecule has 1 aliphatic rings. The lowest BCUT2D eigenvalue weighted by Gasteiger charge is -2.34. The van der Waals surface area contributed by atoms with Gasteiger partial charge in [-0.15, -0.1) is 5.73 Å². The molecule has 2 unspecified atom stereocenters. The van der Waals surface area contributed by atoms with Gasteiger partial charge in [0, 0.05) is 18.5 Å². The maximum Gasteiger partial charge on any atom is 0.123 e. The summed E-state index contributed by atoms with van der Waals surface area (Å²) in [6.07, 6.45) is 6.32. The van der Waals surface area contributed by atoms with Gasteiger partial charge in [-0.05, 0) is 59.7 Å². The van der Waals surface area contributed by atoms with E-state index in [0.29, 0.717) is 17.9 Å². The minimum absolute atomic E-state index is 0.208. The zero-order valence-electron chi connectivity index (χ0n) is 16.5. The highest BCUT2D eigenvalue weighted by atomic mass is 19.1. The van der Waals surface area contributed by atoms with Crippen LogP contribution in [0.15, 0.2) is 96.7 Å². The van der Waals surface area contributed by atoms with Gasteiger partial charge in [-0.1, -0.05) is 72.8 Å². The predicted octanol–water partition coefficient (Wildman–Crippen LogP) is 6.19. The number of halogens is 1. The zero-order valence-corrected chi connectivity index (χ0v) is 16.5. The summed E-state index contributed by atoms with van der Waals surface area (Å²) in [7, 11) is 0. The summed E-state index contributed by atoms with van der Waals surface area (Å²) in [5.74, 6) is 0.618. The Bertz CT molecular complexity index is 909. The molecule has 2 heteroatoms. The maximum atomic E-state index is 13.0. The number of nitrogens with one attached hydrogen (secondary N) is 1. The minimum Gasteiger partial charge on any atom is -0.312 e.